The van der Waals surface area contributed by atoms with E-state index in [1.807, 2.05) is 18.2 Å². The third-order valence-electron chi connectivity index (χ3n) is 2.31. The van der Waals surface area contributed by atoms with Gasteiger partial charge < -0.3 is 0 Å². The number of hydrogen-bond acceptors (Lipinski definition) is 4. The van der Waals surface area contributed by atoms with Gasteiger partial charge in [0.25, 0.3) is 0 Å². The lowest BCUT2D eigenvalue weighted by Crippen LogP contribution is -2.22. The van der Waals surface area contributed by atoms with Gasteiger partial charge in [-0.3, -0.25) is 0 Å². The van der Waals surface area contributed by atoms with Crippen molar-refractivity contribution in [3.8, 4) is 0 Å². The fraction of sp³-hybridized carbons (Fsp3) is 0.200. The molecule has 4 heteroatoms. The second-order valence-corrected chi connectivity index (χ2v) is 3.05. The highest BCUT2D eigenvalue weighted by Crippen LogP contribution is 2.39. The van der Waals surface area contributed by atoms with Gasteiger partial charge in [0.2, 0.25) is 12.2 Å². The van der Waals surface area contributed by atoms with E-state index in [9.17, 15) is 9.59 Å². The van der Waals surface area contributed by atoms with Crippen molar-refractivity contribution < 1.29 is 9.59 Å². The number of aliphatic imine (C=N–C) groups is 2. The molecule has 0 heterocycles. The van der Waals surface area contributed by atoms with Gasteiger partial charge in [0.1, 0.15) is 0 Å². The maximum absolute atomic E-state index is 10.0. The van der Waals surface area contributed by atoms with E-state index in [1.165, 1.54) is 12.2 Å². The number of allylic oxidation sites excluding steroid dienone is 4. The van der Waals surface area contributed by atoms with Crippen molar-refractivity contribution >= 4 is 12.2 Å². The maximum atomic E-state index is 10.0. The van der Waals surface area contributed by atoms with Crippen molar-refractivity contribution in [2.24, 2.45) is 21.8 Å². The third kappa shape index (κ3) is 1.29. The van der Waals surface area contributed by atoms with Gasteiger partial charge in [-0.15, -0.1) is 0 Å². The zero-order valence-electron chi connectivity index (χ0n) is 7.18. The molecule has 0 aromatic heterocycles. The molecule has 2 aliphatic rings. The fourth-order valence-electron chi connectivity index (χ4n) is 1.62. The van der Waals surface area contributed by atoms with Gasteiger partial charge >= 0.3 is 0 Å². The van der Waals surface area contributed by atoms with Crippen molar-refractivity contribution in [2.45, 2.75) is 0 Å². The molecule has 4 nitrogen and oxygen atoms in total. The Morgan fingerprint density at radius 1 is 1.14 bits per heavy atom. The van der Waals surface area contributed by atoms with Gasteiger partial charge in [-0.25, -0.2) is 9.59 Å². The van der Waals surface area contributed by atoms with Crippen LogP contribution >= 0.6 is 0 Å². The van der Waals surface area contributed by atoms with Crippen molar-refractivity contribution in [1.29, 1.82) is 0 Å². The number of carbonyl (C=O) groups excluding carboxylic acids is 2. The average molecular weight is 186 g/mol. The molecule has 68 valence electrons. The quantitative estimate of drug-likeness (QED) is 0.481. The van der Waals surface area contributed by atoms with E-state index < -0.39 is 0 Å². The lowest BCUT2D eigenvalue weighted by molar-refractivity contribution is 0.534. The normalized spacial score (nSPS) is 27.1. The largest absolute Gasteiger partial charge is 0.240 e. The molecule has 1 unspecified atom stereocenters. The summed E-state index contributed by atoms with van der Waals surface area (Å²) in [6.45, 7) is 0. The summed E-state index contributed by atoms with van der Waals surface area (Å²) in [6, 6.07) is 0. The monoisotopic (exact) mass is 186 g/mol. The van der Waals surface area contributed by atoms with Crippen molar-refractivity contribution in [3.63, 3.8) is 0 Å². The topological polar surface area (TPSA) is 58.9 Å². The van der Waals surface area contributed by atoms with E-state index in [0.717, 1.165) is 5.70 Å². The highest BCUT2D eigenvalue weighted by molar-refractivity contribution is 5.47. The Bertz CT molecular complexity index is 447. The van der Waals surface area contributed by atoms with Crippen LogP contribution < -0.4 is 0 Å². The second-order valence-electron chi connectivity index (χ2n) is 3.05. The molecule has 0 spiro atoms. The van der Waals surface area contributed by atoms with E-state index in [-0.39, 0.29) is 11.8 Å². The molecule has 0 saturated heterocycles. The molecule has 0 aromatic rings. The second kappa shape index (κ2) is 3.38. The molecule has 0 aliphatic heterocycles. The summed E-state index contributed by atoms with van der Waals surface area (Å²) in [5.74, 6) is 0.334. The molecule has 2 atom stereocenters. The summed E-state index contributed by atoms with van der Waals surface area (Å²) in [7, 11) is 0. The van der Waals surface area contributed by atoms with Crippen LogP contribution in [-0.4, -0.2) is 12.2 Å². The van der Waals surface area contributed by atoms with Crippen LogP contribution in [0.25, 0.3) is 0 Å². The minimum atomic E-state index is 0.141. The van der Waals surface area contributed by atoms with Crippen LogP contribution in [0, 0.1) is 11.8 Å². The maximum Gasteiger partial charge on any atom is 0.240 e. The van der Waals surface area contributed by atoms with Gasteiger partial charge in [0.05, 0.1) is 11.4 Å². The first-order valence-electron chi connectivity index (χ1n) is 4.12. The molecule has 0 amide bonds. The molecule has 14 heavy (non-hydrogen) atoms. The Morgan fingerprint density at radius 2 is 1.93 bits per heavy atom. The molecular weight excluding hydrogens is 180 g/mol. The number of nitrogens with zero attached hydrogens (tertiary/aromatic N) is 2. The summed E-state index contributed by atoms with van der Waals surface area (Å²) < 4.78 is 0. The molecule has 2 aliphatic carbocycles. The van der Waals surface area contributed by atoms with Crippen LogP contribution in [-0.2, 0) is 9.59 Å². The van der Waals surface area contributed by atoms with Gasteiger partial charge in [0, 0.05) is 11.8 Å². The predicted molar refractivity (Wildman–Crippen MR) is 48.5 cm³/mol. The molecule has 0 aromatic carbocycles. The van der Waals surface area contributed by atoms with Gasteiger partial charge in [-0.2, -0.15) is 9.98 Å². The van der Waals surface area contributed by atoms with E-state index in [4.69, 9.17) is 0 Å². The van der Waals surface area contributed by atoms with Crippen molar-refractivity contribution in [2.75, 3.05) is 0 Å². The summed E-state index contributed by atoms with van der Waals surface area (Å²) in [5, 5.41) is 0. The Balaban J connectivity index is 2.23. The Kier molecular flexibility index (Phi) is 2.07. The summed E-state index contributed by atoms with van der Waals surface area (Å²) in [6.07, 6.45) is 10.3. The van der Waals surface area contributed by atoms with Crippen LogP contribution in [0.2, 0.25) is 0 Å². The van der Waals surface area contributed by atoms with E-state index in [0.29, 0.717) is 5.70 Å². The van der Waals surface area contributed by atoms with E-state index in [1.54, 1.807) is 6.08 Å². The molecule has 0 radical (unpaired) electrons. The lowest BCUT2D eigenvalue weighted by atomic mass is 9.76. The zero-order chi connectivity index (χ0) is 9.97. The van der Waals surface area contributed by atoms with Gasteiger partial charge in [0.15, 0.2) is 0 Å². The highest BCUT2D eigenvalue weighted by atomic mass is 16.1. The Hall–Kier alpha value is -2.02. The average Bonchev–Trinajstić information content (AvgIpc) is 2.15. The minimum Gasteiger partial charge on any atom is -0.211 e. The summed E-state index contributed by atoms with van der Waals surface area (Å²) >= 11 is 0. The van der Waals surface area contributed by atoms with Gasteiger partial charge in [-0.05, 0) is 12.2 Å². The first kappa shape index (κ1) is 8.57. The number of hydrogen-bond donors (Lipinski definition) is 0. The minimum absolute atomic E-state index is 0.141. The van der Waals surface area contributed by atoms with Gasteiger partial charge in [-0.1, -0.05) is 12.2 Å². The van der Waals surface area contributed by atoms with Crippen LogP contribution in [0.15, 0.2) is 45.7 Å². The van der Waals surface area contributed by atoms with Crippen LogP contribution in [0.5, 0.6) is 0 Å². The van der Waals surface area contributed by atoms with Crippen LogP contribution in [0.4, 0.5) is 0 Å². The first-order chi connectivity index (χ1) is 6.85. The SMILES string of the molecule is O=C=NC1=CC2C=C(N=C=O)[C@H]2C=C1. The third-order valence-corrected chi connectivity index (χ3v) is 2.31. The Labute approximate surface area is 80.1 Å². The summed E-state index contributed by atoms with van der Waals surface area (Å²) in [4.78, 5) is 27.1. The first-order valence-corrected chi connectivity index (χ1v) is 4.12. The standard InChI is InChI=1S/C10H6N2O2/c13-5-11-8-1-2-9-7(3-8)4-10(9)12-6-14/h1-4,7,9H/t7?,9-/m0/s1. The van der Waals surface area contributed by atoms with Crippen LogP contribution in [0.1, 0.15) is 0 Å². The Morgan fingerprint density at radius 3 is 2.57 bits per heavy atom. The lowest BCUT2D eigenvalue weighted by Gasteiger charge is -2.30. The van der Waals surface area contributed by atoms with E-state index in [2.05, 4.69) is 9.98 Å². The van der Waals surface area contributed by atoms with Crippen LogP contribution in [0.3, 0.4) is 0 Å². The molecule has 0 bridgehead atoms. The predicted octanol–water partition coefficient (Wildman–Crippen LogP) is 1.24. The smallest absolute Gasteiger partial charge is 0.211 e. The van der Waals surface area contributed by atoms with E-state index >= 15 is 0 Å². The number of fused-ring (bicyclic) bond motifs is 1. The molecule has 0 saturated carbocycles. The van der Waals surface area contributed by atoms with Crippen molar-refractivity contribution in [3.05, 3.63) is 35.7 Å². The molecule has 0 fully saturated rings. The van der Waals surface area contributed by atoms with Crippen molar-refractivity contribution in [1.82, 2.24) is 0 Å². The molecular formula is C10H6N2O2. The summed E-state index contributed by atoms with van der Waals surface area (Å²) in [5.41, 5.74) is 1.33. The highest BCUT2D eigenvalue weighted by Gasteiger charge is 2.31. The fourth-order valence-corrected chi connectivity index (χ4v) is 1.62. The zero-order valence-corrected chi connectivity index (χ0v) is 7.18. The molecule has 2 rings (SSSR count). The molecule has 0 N–H and O–H groups in total. The number of isocyanates is 2. The number of rotatable bonds is 2.